The molecule has 5 nitrogen and oxygen atoms in total. The summed E-state index contributed by atoms with van der Waals surface area (Å²) in [5, 5.41) is 0. The van der Waals surface area contributed by atoms with E-state index in [9.17, 15) is 9.59 Å². The molecule has 3 rings (SSSR count). The van der Waals surface area contributed by atoms with Gasteiger partial charge < -0.3 is 14.2 Å². The van der Waals surface area contributed by atoms with Gasteiger partial charge in [-0.05, 0) is 62.9 Å². The maximum Gasteiger partial charge on any atom is 0.311 e. The number of hydrogen-bond acceptors (Lipinski definition) is 5. The van der Waals surface area contributed by atoms with Crippen molar-refractivity contribution in [1.82, 2.24) is 0 Å². The van der Waals surface area contributed by atoms with Crippen LogP contribution >= 0.6 is 0 Å². The largest absolute Gasteiger partial charge is 0.462 e. The number of esters is 2. The van der Waals surface area contributed by atoms with E-state index in [1.165, 1.54) is 5.57 Å². The van der Waals surface area contributed by atoms with Crippen LogP contribution < -0.4 is 0 Å². The summed E-state index contributed by atoms with van der Waals surface area (Å²) >= 11 is 0. The fraction of sp³-hybridized carbons (Fsp3) is 0.769. The van der Waals surface area contributed by atoms with Gasteiger partial charge in [0.05, 0.1) is 17.9 Å². The molecule has 5 heteroatoms. The highest BCUT2D eigenvalue weighted by Crippen LogP contribution is 2.45. The third-order valence-electron chi connectivity index (χ3n) is 7.66. The molecular formula is C26H40O5. The summed E-state index contributed by atoms with van der Waals surface area (Å²) in [5.41, 5.74) is 0.825. The van der Waals surface area contributed by atoms with E-state index >= 15 is 0 Å². The summed E-state index contributed by atoms with van der Waals surface area (Å²) in [6, 6.07) is 0. The molecule has 31 heavy (non-hydrogen) atoms. The number of hydrogen-bond donors (Lipinski definition) is 0. The Hall–Kier alpha value is -1.62. The van der Waals surface area contributed by atoms with E-state index in [-0.39, 0.29) is 36.2 Å². The number of rotatable bonds is 7. The first kappa shape index (κ1) is 24.0. The van der Waals surface area contributed by atoms with Gasteiger partial charge in [0.25, 0.3) is 0 Å². The molecule has 2 aliphatic carbocycles. The number of allylic oxidation sites excluding steroid dienone is 3. The van der Waals surface area contributed by atoms with Crippen LogP contribution in [0.3, 0.4) is 0 Å². The molecule has 1 saturated heterocycles. The minimum absolute atomic E-state index is 0.0501. The number of carbonyl (C=O) groups is 2. The lowest BCUT2D eigenvalue weighted by Crippen LogP contribution is -2.43. The van der Waals surface area contributed by atoms with Gasteiger partial charge in [-0.15, -0.1) is 0 Å². The second kappa shape index (κ2) is 9.89. The third kappa shape index (κ3) is 5.60. The van der Waals surface area contributed by atoms with Crippen LogP contribution in [-0.2, 0) is 23.8 Å². The molecule has 0 N–H and O–H groups in total. The molecule has 0 amide bonds. The van der Waals surface area contributed by atoms with E-state index < -0.39 is 5.41 Å². The zero-order valence-electron chi connectivity index (χ0n) is 20.1. The molecule has 0 unspecified atom stereocenters. The molecule has 0 aromatic rings. The number of fused-ring (bicyclic) bond motifs is 1. The maximum absolute atomic E-state index is 12.9. The molecule has 174 valence electrons. The van der Waals surface area contributed by atoms with Crippen molar-refractivity contribution < 1.29 is 23.8 Å². The van der Waals surface area contributed by atoms with Crippen molar-refractivity contribution in [2.45, 2.75) is 91.5 Å². The van der Waals surface area contributed by atoms with E-state index in [1.54, 1.807) is 7.11 Å². The summed E-state index contributed by atoms with van der Waals surface area (Å²) in [4.78, 5) is 24.9. The first-order valence-corrected chi connectivity index (χ1v) is 12.0. The maximum atomic E-state index is 12.9. The normalized spacial score (nSPS) is 35.7. The Morgan fingerprint density at radius 3 is 2.65 bits per heavy atom. The molecule has 0 radical (unpaired) electrons. The number of cyclic esters (lactones) is 1. The minimum Gasteiger partial charge on any atom is -0.462 e. The average Bonchev–Trinajstić information content (AvgIpc) is 2.72. The molecule has 0 spiro atoms. The Balaban J connectivity index is 1.75. The highest BCUT2D eigenvalue weighted by Gasteiger charge is 2.43. The fourth-order valence-electron chi connectivity index (χ4n) is 5.24. The SMILES string of the molecule is CCC(C)(C)C(=O)O[C@@H]1C[C@H](C)C=C2C=C[C@@H](C)[C@@H](CC[C@H]3C[C@H](OC)CC(=O)O3)[C@@H]21. The summed E-state index contributed by atoms with van der Waals surface area (Å²) in [6.07, 6.45) is 11.1. The number of methoxy groups -OCH3 is 1. The second-order valence-electron chi connectivity index (χ2n) is 10.5. The van der Waals surface area contributed by atoms with Crippen LogP contribution in [-0.4, -0.2) is 37.4 Å². The van der Waals surface area contributed by atoms with Crippen LogP contribution in [0.5, 0.6) is 0 Å². The molecule has 1 fully saturated rings. The highest BCUT2D eigenvalue weighted by atomic mass is 16.6. The van der Waals surface area contributed by atoms with Gasteiger partial charge in [0.1, 0.15) is 12.2 Å². The first-order chi connectivity index (χ1) is 14.6. The van der Waals surface area contributed by atoms with Gasteiger partial charge in [0, 0.05) is 19.4 Å². The van der Waals surface area contributed by atoms with Gasteiger partial charge in [-0.1, -0.05) is 39.0 Å². The lowest BCUT2D eigenvalue weighted by Gasteiger charge is -2.44. The molecule has 7 atom stereocenters. The molecule has 0 bridgehead atoms. The summed E-state index contributed by atoms with van der Waals surface area (Å²) in [5.74, 6) is 1.06. The Morgan fingerprint density at radius 1 is 1.23 bits per heavy atom. The third-order valence-corrected chi connectivity index (χ3v) is 7.66. The van der Waals surface area contributed by atoms with Crippen LogP contribution in [0.1, 0.15) is 73.1 Å². The van der Waals surface area contributed by atoms with Crippen LogP contribution in [0.2, 0.25) is 0 Å². The summed E-state index contributed by atoms with van der Waals surface area (Å²) in [6.45, 7) is 10.4. The molecule has 0 saturated carbocycles. The van der Waals surface area contributed by atoms with Crippen LogP contribution in [0, 0.1) is 29.1 Å². The number of carbonyl (C=O) groups excluding carboxylic acids is 2. The molecule has 0 aromatic carbocycles. The second-order valence-corrected chi connectivity index (χ2v) is 10.5. The van der Waals surface area contributed by atoms with E-state index in [1.807, 2.05) is 20.8 Å². The summed E-state index contributed by atoms with van der Waals surface area (Å²) in [7, 11) is 1.66. The monoisotopic (exact) mass is 432 g/mol. The van der Waals surface area contributed by atoms with Crippen molar-refractivity contribution in [3.8, 4) is 0 Å². The first-order valence-electron chi connectivity index (χ1n) is 12.0. The predicted molar refractivity (Wildman–Crippen MR) is 120 cm³/mol. The molecular weight excluding hydrogens is 392 g/mol. The van der Waals surface area contributed by atoms with Crippen molar-refractivity contribution in [3.05, 3.63) is 23.8 Å². The van der Waals surface area contributed by atoms with Crippen LogP contribution in [0.15, 0.2) is 23.8 Å². The average molecular weight is 433 g/mol. The van der Waals surface area contributed by atoms with Gasteiger partial charge in [-0.25, -0.2) is 0 Å². The minimum atomic E-state index is -0.471. The van der Waals surface area contributed by atoms with Crippen molar-refractivity contribution in [1.29, 1.82) is 0 Å². The van der Waals surface area contributed by atoms with E-state index in [4.69, 9.17) is 14.2 Å². The Kier molecular flexibility index (Phi) is 7.67. The van der Waals surface area contributed by atoms with Gasteiger partial charge >= 0.3 is 11.9 Å². The van der Waals surface area contributed by atoms with Crippen LogP contribution in [0.25, 0.3) is 0 Å². The highest BCUT2D eigenvalue weighted by molar-refractivity contribution is 5.76. The number of ether oxygens (including phenoxy) is 3. The van der Waals surface area contributed by atoms with Gasteiger partial charge in [0.2, 0.25) is 0 Å². The van der Waals surface area contributed by atoms with Crippen LogP contribution in [0.4, 0.5) is 0 Å². The van der Waals surface area contributed by atoms with Gasteiger partial charge in [0.15, 0.2) is 0 Å². The van der Waals surface area contributed by atoms with Crippen molar-refractivity contribution >= 4 is 11.9 Å². The smallest absolute Gasteiger partial charge is 0.311 e. The Bertz CT molecular complexity index is 721. The van der Waals surface area contributed by atoms with E-state index in [2.05, 4.69) is 32.1 Å². The summed E-state index contributed by atoms with van der Waals surface area (Å²) < 4.78 is 17.2. The molecule has 0 aromatic heterocycles. The van der Waals surface area contributed by atoms with Gasteiger partial charge in [-0.2, -0.15) is 0 Å². The fourth-order valence-corrected chi connectivity index (χ4v) is 5.24. The van der Waals surface area contributed by atoms with Crippen molar-refractivity contribution in [3.63, 3.8) is 0 Å². The standard InChI is InChI=1S/C26H40O5/c1-7-26(4,5)25(28)31-22-13-16(2)12-18-9-8-17(3)21(24(18)22)11-10-19-14-20(29-6)15-23(27)30-19/h8-9,12,16-17,19-22,24H,7,10-11,13-15H2,1-6H3/t16-,17-,19+,20+,21-,22-,24-/m1/s1. The van der Waals surface area contributed by atoms with Crippen molar-refractivity contribution in [2.75, 3.05) is 7.11 Å². The van der Waals surface area contributed by atoms with E-state index in [0.717, 1.165) is 32.1 Å². The quantitative estimate of drug-likeness (QED) is 0.515. The van der Waals surface area contributed by atoms with Gasteiger partial charge in [-0.3, -0.25) is 9.59 Å². The molecule has 1 aliphatic heterocycles. The van der Waals surface area contributed by atoms with Crippen molar-refractivity contribution in [2.24, 2.45) is 29.1 Å². The Morgan fingerprint density at radius 2 is 1.97 bits per heavy atom. The predicted octanol–water partition coefficient (Wildman–Crippen LogP) is 5.24. The topological polar surface area (TPSA) is 61.8 Å². The molecule has 3 aliphatic rings. The molecule has 1 heterocycles. The zero-order valence-corrected chi connectivity index (χ0v) is 20.1. The Labute approximate surface area is 187 Å². The zero-order chi connectivity index (χ0) is 22.8. The lowest BCUT2D eigenvalue weighted by molar-refractivity contribution is -0.166. The lowest BCUT2D eigenvalue weighted by atomic mass is 9.65. The van der Waals surface area contributed by atoms with E-state index in [0.29, 0.717) is 24.2 Å².